The summed E-state index contributed by atoms with van der Waals surface area (Å²) in [6.07, 6.45) is 0. The number of nitrogens with one attached hydrogen (secondary N) is 1. The van der Waals surface area contributed by atoms with E-state index in [1.54, 1.807) is 0 Å². The Morgan fingerprint density at radius 3 is 1.30 bits per heavy atom. The van der Waals surface area contributed by atoms with Crippen LogP contribution in [0.15, 0.2) is 140 Å². The van der Waals surface area contributed by atoms with E-state index in [9.17, 15) is 0 Å². The molecule has 0 saturated carbocycles. The molecule has 200 valence electrons. The van der Waals surface area contributed by atoms with Gasteiger partial charge in [-0.25, -0.2) is 0 Å². The van der Waals surface area contributed by atoms with Crippen LogP contribution in [0.25, 0.3) is 27.3 Å². The third-order valence-corrected chi connectivity index (χ3v) is 7.34. The van der Waals surface area contributed by atoms with Gasteiger partial charge in [-0.1, -0.05) is 158 Å². The Morgan fingerprint density at radius 1 is 0.525 bits per heavy atom. The fourth-order valence-electron chi connectivity index (χ4n) is 4.25. The van der Waals surface area contributed by atoms with Crippen LogP contribution in [0.5, 0.6) is 0 Å². The van der Waals surface area contributed by atoms with Crippen molar-refractivity contribution in [2.24, 2.45) is 0 Å². The van der Waals surface area contributed by atoms with Gasteiger partial charge in [0.1, 0.15) is 9.52 Å². The summed E-state index contributed by atoms with van der Waals surface area (Å²) in [6, 6.07) is 48.2. The minimum Gasteiger partial charge on any atom is -1.00 e. The Kier molecular flexibility index (Phi) is 15.3. The van der Waals surface area contributed by atoms with Crippen LogP contribution < -0.4 is 35.2 Å². The molecule has 0 saturated heterocycles. The number of hydrogen-bond acceptors (Lipinski definition) is 0. The molecule has 0 bridgehead atoms. The summed E-state index contributed by atoms with van der Waals surface area (Å²) in [7, 11) is 0.777. The maximum atomic E-state index is 7.63. The minimum atomic E-state index is 0. The van der Waals surface area contributed by atoms with Crippen LogP contribution in [-0.4, -0.2) is 9.52 Å². The first-order valence-electron chi connectivity index (χ1n) is 12.6. The Labute approximate surface area is 273 Å². The zero-order valence-electron chi connectivity index (χ0n) is 23.0. The average molecular weight is 745 g/mol. The molecule has 6 aromatic rings. The van der Waals surface area contributed by atoms with Crippen LogP contribution in [0.1, 0.15) is 26.3 Å². The van der Waals surface area contributed by atoms with Crippen LogP contribution in [0, 0.1) is 0 Å². The third kappa shape index (κ3) is 10.1. The molecule has 0 amide bonds. The standard InChI is InChI=1S/C13H9.C12H10Si.C10H14N.2ClH.Hf/c1-3-7-12-10(5-1)9-11-6-2-4-8-13(11)12;1-3-7-11(8-4-1)13-12-9-5-2-6-10-12;1-10(2,3)8-6-4-5-7-9(8)11;;;/h1-9H;1-10H;4-7,11H,1-3H3;2*1H;/q-1;;-1;;;+4/p-2. The number of rotatable bonds is 2. The Bertz CT molecular complexity index is 1460. The van der Waals surface area contributed by atoms with Crippen LogP contribution in [0.2, 0.25) is 0 Å². The summed E-state index contributed by atoms with van der Waals surface area (Å²) in [5.74, 6) is 0. The van der Waals surface area contributed by atoms with Gasteiger partial charge >= 0.3 is 25.8 Å². The van der Waals surface area contributed by atoms with Gasteiger partial charge in [-0.3, -0.25) is 0 Å². The summed E-state index contributed by atoms with van der Waals surface area (Å²) in [4.78, 5) is 0. The zero-order chi connectivity index (χ0) is 26.1. The van der Waals surface area contributed by atoms with Crippen LogP contribution in [-0.2, 0) is 31.3 Å². The first-order valence-corrected chi connectivity index (χ1v) is 13.6. The zero-order valence-corrected chi connectivity index (χ0v) is 29.1. The number of fused-ring (bicyclic) bond motifs is 3. The van der Waals surface area contributed by atoms with Crippen molar-refractivity contribution < 1.29 is 50.7 Å². The van der Waals surface area contributed by atoms with E-state index in [4.69, 9.17) is 5.73 Å². The number of halogens is 2. The van der Waals surface area contributed by atoms with Crippen LogP contribution in [0.4, 0.5) is 5.69 Å². The third-order valence-electron chi connectivity index (χ3n) is 6.09. The van der Waals surface area contributed by atoms with Gasteiger partial charge in [0.05, 0.1) is 0 Å². The van der Waals surface area contributed by atoms with Gasteiger partial charge in [-0.15, -0.1) is 45.4 Å². The van der Waals surface area contributed by atoms with E-state index >= 15 is 0 Å². The van der Waals surface area contributed by atoms with Gasteiger partial charge in [0.15, 0.2) is 0 Å². The van der Waals surface area contributed by atoms with E-state index in [0.717, 1.165) is 15.1 Å². The van der Waals surface area contributed by atoms with E-state index in [0.29, 0.717) is 5.69 Å². The van der Waals surface area contributed by atoms with Gasteiger partial charge in [0, 0.05) is 0 Å². The van der Waals surface area contributed by atoms with Crippen molar-refractivity contribution in [2.75, 3.05) is 0 Å². The molecular weight excluding hydrogens is 712 g/mol. The smallest absolute Gasteiger partial charge is 1.00 e. The predicted octanol–water partition coefficient (Wildman–Crippen LogP) is 2.73. The summed E-state index contributed by atoms with van der Waals surface area (Å²) < 4.78 is 0. The summed E-state index contributed by atoms with van der Waals surface area (Å²) in [5, 5.41) is 8.19. The van der Waals surface area contributed by atoms with Crippen LogP contribution in [0.3, 0.4) is 0 Å². The van der Waals surface area contributed by atoms with Crippen molar-refractivity contribution in [3.05, 3.63) is 151 Å². The Hall–Kier alpha value is -2.56. The maximum Gasteiger partial charge on any atom is 4.00 e. The minimum absolute atomic E-state index is 0. The molecule has 2 radical (unpaired) electrons. The largest absolute Gasteiger partial charge is 4.00 e. The molecule has 0 heterocycles. The molecule has 0 spiro atoms. The van der Waals surface area contributed by atoms with Gasteiger partial charge < -0.3 is 30.5 Å². The van der Waals surface area contributed by atoms with Crippen LogP contribution >= 0.6 is 0 Å². The topological polar surface area (TPSA) is 23.8 Å². The van der Waals surface area contributed by atoms with Crippen molar-refractivity contribution in [3.63, 3.8) is 0 Å². The summed E-state index contributed by atoms with van der Waals surface area (Å²) in [6.45, 7) is 6.38. The van der Waals surface area contributed by atoms with Gasteiger partial charge in [-0.05, 0) is 5.41 Å². The molecule has 6 rings (SSSR count). The molecule has 0 aliphatic rings. The average Bonchev–Trinajstić information content (AvgIpc) is 3.29. The molecule has 0 aromatic heterocycles. The molecule has 6 aromatic carbocycles. The SMILES string of the molecule is CC(C)(C)c1ccccc1[NH-].[Cl-].[Cl-].[Hf+4].c1ccc([Si]c2ccccc2)cc1.c1ccc2c(c1)[cH-]c1ccccc12. The van der Waals surface area contributed by atoms with E-state index in [1.165, 1.54) is 31.9 Å². The van der Waals surface area contributed by atoms with Crippen molar-refractivity contribution in [3.8, 4) is 0 Å². The maximum absolute atomic E-state index is 7.63. The van der Waals surface area contributed by atoms with Crippen molar-refractivity contribution in [1.82, 2.24) is 0 Å². The fourth-order valence-corrected chi connectivity index (χ4v) is 5.30. The van der Waals surface area contributed by atoms with Gasteiger partial charge in [0.25, 0.3) is 0 Å². The summed E-state index contributed by atoms with van der Waals surface area (Å²) in [5.41, 5.74) is 9.47. The van der Waals surface area contributed by atoms with E-state index < -0.39 is 0 Å². The van der Waals surface area contributed by atoms with E-state index in [-0.39, 0.29) is 56.1 Å². The molecule has 0 aliphatic carbocycles. The van der Waals surface area contributed by atoms with Crippen molar-refractivity contribution in [2.45, 2.75) is 26.2 Å². The predicted molar refractivity (Wildman–Crippen MR) is 164 cm³/mol. The molecule has 40 heavy (non-hydrogen) atoms. The number of benzene rings is 5. The second-order valence-corrected chi connectivity index (χ2v) is 11.4. The Morgan fingerprint density at radius 2 is 0.900 bits per heavy atom. The quantitative estimate of drug-likeness (QED) is 0.193. The van der Waals surface area contributed by atoms with Crippen molar-refractivity contribution in [1.29, 1.82) is 0 Å². The number of hydrogen-bond donors (Lipinski definition) is 0. The normalized spacial score (nSPS) is 9.97. The fraction of sp³-hybridized carbons (Fsp3) is 0.114. The van der Waals surface area contributed by atoms with Crippen molar-refractivity contribution >= 4 is 47.1 Å². The van der Waals surface area contributed by atoms with E-state index in [2.05, 4.69) is 136 Å². The van der Waals surface area contributed by atoms with E-state index in [1.807, 2.05) is 24.3 Å². The molecule has 0 fully saturated rings. The molecule has 1 nitrogen and oxygen atoms in total. The second-order valence-electron chi connectivity index (χ2n) is 9.97. The first kappa shape index (κ1) is 35.5. The molecule has 0 aliphatic heterocycles. The molecule has 0 atom stereocenters. The second kappa shape index (κ2) is 17.3. The first-order chi connectivity index (χ1) is 17.9. The summed E-state index contributed by atoms with van der Waals surface area (Å²) >= 11 is 0. The monoisotopic (exact) mass is 745 g/mol. The Balaban J connectivity index is 0.000000291. The van der Waals surface area contributed by atoms with Gasteiger partial charge in [0.2, 0.25) is 0 Å². The van der Waals surface area contributed by atoms with Gasteiger partial charge in [-0.2, -0.15) is 0 Å². The molecule has 1 N–H and O–H groups in total. The molecule has 5 heteroatoms. The molecular formula is C35H33Cl2HfNSi. The molecule has 0 unspecified atom stereocenters.